The van der Waals surface area contributed by atoms with E-state index >= 15 is 0 Å². The number of guanidine groups is 1. The van der Waals surface area contributed by atoms with Gasteiger partial charge in [-0.2, -0.15) is 0 Å². The van der Waals surface area contributed by atoms with Crippen molar-refractivity contribution in [3.63, 3.8) is 0 Å². The van der Waals surface area contributed by atoms with Crippen LogP contribution < -0.4 is 10.6 Å². The van der Waals surface area contributed by atoms with Gasteiger partial charge in [0.25, 0.3) is 0 Å². The largest absolute Gasteiger partial charge is 0.463 e. The number of nitrogens with zero attached hydrogens (tertiary/aromatic N) is 2. The van der Waals surface area contributed by atoms with Gasteiger partial charge in [0.05, 0.1) is 6.26 Å². The number of rotatable bonds is 4. The first-order valence-electron chi connectivity index (χ1n) is 4.94. The topological polar surface area (TPSA) is 79.1 Å². The minimum absolute atomic E-state index is 0.0507. The first-order valence-corrected chi connectivity index (χ1v) is 5.82. The molecule has 0 saturated heterocycles. The summed E-state index contributed by atoms with van der Waals surface area (Å²) in [5.41, 5.74) is 6.23. The Bertz CT molecular complexity index is 517. The Morgan fingerprint density at radius 3 is 3.12 bits per heavy atom. The number of nitrogens with one attached hydrogen (secondary N) is 1. The molecule has 2 heterocycles. The van der Waals surface area contributed by atoms with E-state index in [1.54, 1.807) is 23.3 Å². The van der Waals surface area contributed by atoms with Crippen LogP contribution in [0.5, 0.6) is 0 Å². The van der Waals surface area contributed by atoms with E-state index in [9.17, 15) is 0 Å². The van der Waals surface area contributed by atoms with Gasteiger partial charge < -0.3 is 10.2 Å². The Labute approximate surface area is 103 Å². The van der Waals surface area contributed by atoms with Gasteiger partial charge >= 0.3 is 0 Å². The molecule has 0 aliphatic rings. The van der Waals surface area contributed by atoms with E-state index in [1.165, 1.54) is 11.3 Å². The van der Waals surface area contributed by atoms with Crippen LogP contribution in [0.1, 0.15) is 0 Å². The molecule has 0 aromatic carbocycles. The third-order valence-corrected chi connectivity index (χ3v) is 2.96. The van der Waals surface area contributed by atoms with Crippen LogP contribution >= 0.6 is 11.3 Å². The van der Waals surface area contributed by atoms with Gasteiger partial charge in [-0.05, 0) is 12.1 Å². The molecule has 0 spiro atoms. The summed E-state index contributed by atoms with van der Waals surface area (Å²) in [6, 6.07) is 3.64. The van der Waals surface area contributed by atoms with Crippen molar-refractivity contribution < 1.29 is 4.42 Å². The van der Waals surface area contributed by atoms with Crippen LogP contribution in [0.3, 0.4) is 0 Å². The first-order chi connectivity index (χ1) is 8.22. The molecule has 0 fully saturated rings. The van der Waals surface area contributed by atoms with E-state index in [2.05, 4.69) is 11.6 Å². The van der Waals surface area contributed by atoms with Crippen LogP contribution in [-0.2, 0) is 0 Å². The summed E-state index contributed by atoms with van der Waals surface area (Å²) in [5, 5.41) is 10.00. The molecule has 0 aliphatic carbocycles. The van der Waals surface area contributed by atoms with Crippen molar-refractivity contribution >= 4 is 22.4 Å². The Hall–Kier alpha value is -2.08. The third kappa shape index (κ3) is 2.36. The van der Waals surface area contributed by atoms with Crippen LogP contribution in [-0.4, -0.2) is 17.5 Å². The molecule has 17 heavy (non-hydrogen) atoms. The second-order valence-electron chi connectivity index (χ2n) is 3.28. The maximum Gasteiger partial charge on any atom is 0.195 e. The molecule has 5 nitrogen and oxygen atoms in total. The van der Waals surface area contributed by atoms with E-state index in [0.29, 0.717) is 17.4 Å². The Morgan fingerprint density at radius 2 is 2.53 bits per heavy atom. The fourth-order valence-electron chi connectivity index (χ4n) is 1.33. The minimum Gasteiger partial charge on any atom is -0.463 e. The number of anilines is 1. The van der Waals surface area contributed by atoms with E-state index in [1.807, 2.05) is 11.4 Å². The number of nitrogens with two attached hydrogens (primary N) is 1. The molecule has 2 rings (SSSR count). The Balaban J connectivity index is 2.28. The normalized spacial score (nSPS) is 10.1. The monoisotopic (exact) mass is 248 g/mol. The lowest BCUT2D eigenvalue weighted by atomic mass is 10.4. The number of hydrogen-bond acceptors (Lipinski definition) is 4. The standard InChI is InChI=1S/C11H12N4OS/c1-2-5-15(10(12)13)11-14-8(7-17-11)9-4-3-6-16-9/h2-4,6-7H,1,5H2,(H3,12,13). The summed E-state index contributed by atoms with van der Waals surface area (Å²) in [7, 11) is 0. The minimum atomic E-state index is -0.0507. The van der Waals surface area contributed by atoms with Crippen LogP contribution in [0.15, 0.2) is 40.8 Å². The van der Waals surface area contributed by atoms with Gasteiger partial charge in [0, 0.05) is 11.9 Å². The quantitative estimate of drug-likeness (QED) is 0.494. The average Bonchev–Trinajstić information content (AvgIpc) is 2.95. The summed E-state index contributed by atoms with van der Waals surface area (Å²) < 4.78 is 5.25. The molecule has 0 aliphatic heterocycles. The molecule has 0 unspecified atom stereocenters. The van der Waals surface area contributed by atoms with Crippen LogP contribution in [0.2, 0.25) is 0 Å². The van der Waals surface area contributed by atoms with Gasteiger partial charge in [-0.3, -0.25) is 10.3 Å². The maximum absolute atomic E-state index is 7.48. The van der Waals surface area contributed by atoms with Crippen molar-refractivity contribution in [3.8, 4) is 11.5 Å². The highest BCUT2D eigenvalue weighted by atomic mass is 32.1. The molecule has 6 heteroatoms. The SMILES string of the molecule is C=CCN(C(=N)N)c1nc(-c2ccco2)cs1. The summed E-state index contributed by atoms with van der Waals surface area (Å²) in [6.07, 6.45) is 3.27. The lowest BCUT2D eigenvalue weighted by Gasteiger charge is -2.16. The third-order valence-electron chi connectivity index (χ3n) is 2.10. The van der Waals surface area contributed by atoms with Crippen molar-refractivity contribution in [1.29, 1.82) is 5.41 Å². The first kappa shape index (κ1) is 11.4. The lowest BCUT2D eigenvalue weighted by Crippen LogP contribution is -2.36. The Kier molecular flexibility index (Phi) is 3.24. The van der Waals surface area contributed by atoms with E-state index in [4.69, 9.17) is 15.6 Å². The second-order valence-corrected chi connectivity index (χ2v) is 4.11. The van der Waals surface area contributed by atoms with Gasteiger partial charge in [0.1, 0.15) is 5.69 Å². The van der Waals surface area contributed by atoms with E-state index < -0.39 is 0 Å². The number of furan rings is 1. The number of aromatic nitrogens is 1. The molecule has 3 N–H and O–H groups in total. The summed E-state index contributed by atoms with van der Waals surface area (Å²) in [4.78, 5) is 5.95. The van der Waals surface area contributed by atoms with Crippen LogP contribution in [0, 0.1) is 5.41 Å². The van der Waals surface area contributed by atoms with Crippen LogP contribution in [0.4, 0.5) is 5.13 Å². The highest BCUT2D eigenvalue weighted by molar-refractivity contribution is 7.14. The predicted molar refractivity (Wildman–Crippen MR) is 69.3 cm³/mol. The molecule has 0 bridgehead atoms. The van der Waals surface area contributed by atoms with Gasteiger partial charge in [0.15, 0.2) is 16.9 Å². The number of thiazole rings is 1. The van der Waals surface area contributed by atoms with Gasteiger partial charge in [-0.1, -0.05) is 6.08 Å². The molecule has 0 amide bonds. The highest BCUT2D eigenvalue weighted by Gasteiger charge is 2.14. The molecular weight excluding hydrogens is 236 g/mol. The molecule has 88 valence electrons. The fourth-order valence-corrected chi connectivity index (χ4v) is 2.17. The second kappa shape index (κ2) is 4.84. The van der Waals surface area contributed by atoms with Crippen LogP contribution in [0.25, 0.3) is 11.5 Å². The van der Waals surface area contributed by atoms with Gasteiger partial charge in [0.2, 0.25) is 0 Å². The average molecular weight is 248 g/mol. The molecule has 2 aromatic heterocycles. The zero-order valence-electron chi connectivity index (χ0n) is 9.09. The zero-order chi connectivity index (χ0) is 12.3. The van der Waals surface area contributed by atoms with Crippen molar-refractivity contribution in [2.75, 3.05) is 11.4 Å². The van der Waals surface area contributed by atoms with Crippen molar-refractivity contribution in [2.24, 2.45) is 5.73 Å². The van der Waals surface area contributed by atoms with Gasteiger partial charge in [-0.25, -0.2) is 4.98 Å². The van der Waals surface area contributed by atoms with E-state index in [-0.39, 0.29) is 5.96 Å². The molecule has 0 saturated carbocycles. The number of hydrogen-bond donors (Lipinski definition) is 2. The Morgan fingerprint density at radius 1 is 1.71 bits per heavy atom. The summed E-state index contributed by atoms with van der Waals surface area (Å²) in [6.45, 7) is 4.09. The van der Waals surface area contributed by atoms with Crippen molar-refractivity contribution in [2.45, 2.75) is 0 Å². The highest BCUT2D eigenvalue weighted by Crippen LogP contribution is 2.27. The summed E-state index contributed by atoms with van der Waals surface area (Å²) in [5.74, 6) is 0.653. The molecule has 0 atom stereocenters. The van der Waals surface area contributed by atoms with Crippen molar-refractivity contribution in [3.05, 3.63) is 36.4 Å². The molecule has 2 aromatic rings. The van der Waals surface area contributed by atoms with Crippen molar-refractivity contribution in [1.82, 2.24) is 4.98 Å². The molecule has 0 radical (unpaired) electrons. The predicted octanol–water partition coefficient (Wildman–Crippen LogP) is 2.29. The van der Waals surface area contributed by atoms with Gasteiger partial charge in [-0.15, -0.1) is 17.9 Å². The summed E-state index contributed by atoms with van der Waals surface area (Å²) >= 11 is 1.41. The smallest absolute Gasteiger partial charge is 0.195 e. The molecular formula is C11H12N4OS. The van der Waals surface area contributed by atoms with E-state index in [0.717, 1.165) is 5.69 Å². The fraction of sp³-hybridized carbons (Fsp3) is 0.0909. The lowest BCUT2D eigenvalue weighted by molar-refractivity contribution is 0.580. The zero-order valence-corrected chi connectivity index (χ0v) is 9.91. The maximum atomic E-state index is 7.48.